The van der Waals surface area contributed by atoms with E-state index in [0.717, 1.165) is 28.9 Å². The number of para-hydroxylation sites is 1. The smallest absolute Gasteiger partial charge is 0.320 e. The second-order valence-electron chi connectivity index (χ2n) is 6.85. The minimum atomic E-state index is -1.02. The van der Waals surface area contributed by atoms with Crippen LogP contribution in [0.25, 0.3) is 0 Å². The van der Waals surface area contributed by atoms with Gasteiger partial charge in [0.2, 0.25) is 0 Å². The summed E-state index contributed by atoms with van der Waals surface area (Å²) in [6.45, 7) is 0.311. The first-order chi connectivity index (χ1) is 14.1. The van der Waals surface area contributed by atoms with Crippen molar-refractivity contribution in [3.8, 4) is 11.5 Å². The van der Waals surface area contributed by atoms with Crippen LogP contribution in [0.2, 0.25) is 0 Å². The maximum atomic E-state index is 11.0. The maximum Gasteiger partial charge on any atom is 0.320 e. The highest BCUT2D eigenvalue weighted by atomic mass is 16.5. The summed E-state index contributed by atoms with van der Waals surface area (Å²) in [7, 11) is 1.60. The Morgan fingerprint density at radius 2 is 1.66 bits per heavy atom. The molecular weight excluding hydrogens is 366 g/mol. The van der Waals surface area contributed by atoms with E-state index in [9.17, 15) is 4.79 Å². The molecular formula is C24H25NO4. The van der Waals surface area contributed by atoms with Crippen molar-refractivity contribution in [2.45, 2.75) is 25.5 Å². The third kappa shape index (κ3) is 5.59. The predicted molar refractivity (Wildman–Crippen MR) is 112 cm³/mol. The summed E-state index contributed by atoms with van der Waals surface area (Å²) in [5.74, 6) is 0.484. The molecule has 5 nitrogen and oxygen atoms in total. The van der Waals surface area contributed by atoms with E-state index in [2.05, 4.69) is 18.2 Å². The van der Waals surface area contributed by atoms with Crippen LogP contribution in [0.5, 0.6) is 11.5 Å². The van der Waals surface area contributed by atoms with Gasteiger partial charge in [-0.05, 0) is 41.3 Å². The summed E-state index contributed by atoms with van der Waals surface area (Å²) in [6.07, 6.45) is 1.03. The van der Waals surface area contributed by atoms with Gasteiger partial charge in [0, 0.05) is 12.0 Å². The molecule has 150 valence electrons. The highest BCUT2D eigenvalue weighted by Crippen LogP contribution is 2.26. The van der Waals surface area contributed by atoms with Gasteiger partial charge in [0.15, 0.2) is 0 Å². The minimum absolute atomic E-state index is 0.247. The van der Waals surface area contributed by atoms with Gasteiger partial charge in [-0.3, -0.25) is 4.79 Å². The molecule has 1 unspecified atom stereocenters. The van der Waals surface area contributed by atoms with Crippen molar-refractivity contribution in [3.05, 3.63) is 95.1 Å². The molecule has 3 rings (SSSR count). The van der Waals surface area contributed by atoms with Crippen LogP contribution in [-0.2, 0) is 24.2 Å². The normalized spacial score (nSPS) is 11.7. The Balaban J connectivity index is 1.76. The fourth-order valence-corrected chi connectivity index (χ4v) is 3.17. The Labute approximate surface area is 170 Å². The molecule has 3 N–H and O–H groups in total. The quantitative estimate of drug-likeness (QED) is 0.579. The standard InChI is InChI=1S/C24H25NO4/c1-28-22-12-11-18(15-21(25)24(26)27)14-20(22)16-29-23-10-6-5-9-19(23)13-17-7-3-2-4-8-17/h2-12,14,21H,13,15-16,25H2,1H3,(H,26,27). The molecule has 0 aromatic heterocycles. The number of carboxylic acid groups (broad SMARTS) is 1. The van der Waals surface area contributed by atoms with Gasteiger partial charge < -0.3 is 20.3 Å². The van der Waals surface area contributed by atoms with Gasteiger partial charge in [0.05, 0.1) is 7.11 Å². The van der Waals surface area contributed by atoms with Crippen LogP contribution in [-0.4, -0.2) is 24.2 Å². The van der Waals surface area contributed by atoms with Crippen molar-refractivity contribution < 1.29 is 19.4 Å². The third-order valence-electron chi connectivity index (χ3n) is 4.71. The van der Waals surface area contributed by atoms with Gasteiger partial charge in [-0.25, -0.2) is 0 Å². The highest BCUT2D eigenvalue weighted by Gasteiger charge is 2.14. The summed E-state index contributed by atoms with van der Waals surface area (Å²) < 4.78 is 11.6. The van der Waals surface area contributed by atoms with Crippen LogP contribution in [0.15, 0.2) is 72.8 Å². The second-order valence-corrected chi connectivity index (χ2v) is 6.85. The van der Waals surface area contributed by atoms with Crippen molar-refractivity contribution in [3.63, 3.8) is 0 Å². The molecule has 0 saturated carbocycles. The van der Waals surface area contributed by atoms with Crippen molar-refractivity contribution in [2.24, 2.45) is 5.73 Å². The lowest BCUT2D eigenvalue weighted by atomic mass is 10.0. The Bertz CT molecular complexity index is 956. The lowest BCUT2D eigenvalue weighted by molar-refractivity contribution is -0.138. The highest BCUT2D eigenvalue weighted by molar-refractivity contribution is 5.73. The number of carbonyl (C=O) groups is 1. The van der Waals surface area contributed by atoms with Crippen molar-refractivity contribution >= 4 is 5.97 Å². The molecule has 3 aromatic rings. The molecule has 3 aromatic carbocycles. The van der Waals surface area contributed by atoms with E-state index in [-0.39, 0.29) is 6.42 Å². The Hall–Kier alpha value is -3.31. The van der Waals surface area contributed by atoms with Crippen LogP contribution in [0.4, 0.5) is 0 Å². The molecule has 0 bridgehead atoms. The number of ether oxygens (including phenoxy) is 2. The number of aliphatic carboxylic acids is 1. The number of hydrogen-bond donors (Lipinski definition) is 2. The average molecular weight is 391 g/mol. The average Bonchev–Trinajstić information content (AvgIpc) is 2.74. The Kier molecular flexibility index (Phi) is 6.87. The van der Waals surface area contributed by atoms with Crippen LogP contribution in [0, 0.1) is 0 Å². The third-order valence-corrected chi connectivity index (χ3v) is 4.71. The summed E-state index contributed by atoms with van der Waals surface area (Å²) >= 11 is 0. The topological polar surface area (TPSA) is 81.8 Å². The van der Waals surface area contributed by atoms with Crippen molar-refractivity contribution in [1.29, 1.82) is 0 Å². The van der Waals surface area contributed by atoms with Gasteiger partial charge in [0.1, 0.15) is 24.1 Å². The first-order valence-corrected chi connectivity index (χ1v) is 9.45. The summed E-state index contributed by atoms with van der Waals surface area (Å²) in [6, 6.07) is 22.8. The van der Waals surface area contributed by atoms with Crippen LogP contribution >= 0.6 is 0 Å². The molecule has 29 heavy (non-hydrogen) atoms. The molecule has 0 aliphatic carbocycles. The first-order valence-electron chi connectivity index (χ1n) is 9.45. The van der Waals surface area contributed by atoms with Crippen LogP contribution < -0.4 is 15.2 Å². The summed E-state index contributed by atoms with van der Waals surface area (Å²) in [5.41, 5.74) is 9.65. The van der Waals surface area contributed by atoms with Gasteiger partial charge in [-0.2, -0.15) is 0 Å². The number of rotatable bonds is 9. The fraction of sp³-hybridized carbons (Fsp3) is 0.208. The predicted octanol–water partition coefficient (Wildman–Crippen LogP) is 3.82. The zero-order valence-electron chi connectivity index (χ0n) is 16.4. The SMILES string of the molecule is COc1ccc(CC(N)C(=O)O)cc1COc1ccccc1Cc1ccccc1. The number of nitrogens with two attached hydrogens (primary N) is 1. The number of benzene rings is 3. The van der Waals surface area contributed by atoms with Crippen LogP contribution in [0.1, 0.15) is 22.3 Å². The van der Waals surface area contributed by atoms with Gasteiger partial charge in [-0.1, -0.05) is 54.6 Å². The fourth-order valence-electron chi connectivity index (χ4n) is 3.17. The molecule has 0 radical (unpaired) electrons. The Morgan fingerprint density at radius 3 is 2.38 bits per heavy atom. The Morgan fingerprint density at radius 1 is 0.931 bits per heavy atom. The van der Waals surface area contributed by atoms with E-state index < -0.39 is 12.0 Å². The number of methoxy groups -OCH3 is 1. The van der Waals surface area contributed by atoms with E-state index in [1.165, 1.54) is 5.56 Å². The van der Waals surface area contributed by atoms with Gasteiger partial charge >= 0.3 is 5.97 Å². The molecule has 0 saturated heterocycles. The van der Waals surface area contributed by atoms with E-state index in [1.54, 1.807) is 7.11 Å². The molecule has 0 fully saturated rings. The molecule has 0 spiro atoms. The lowest BCUT2D eigenvalue weighted by Crippen LogP contribution is -2.32. The zero-order valence-corrected chi connectivity index (χ0v) is 16.4. The first kappa shape index (κ1) is 20.4. The molecule has 5 heteroatoms. The van der Waals surface area contributed by atoms with Gasteiger partial charge in [0.25, 0.3) is 0 Å². The van der Waals surface area contributed by atoms with Crippen molar-refractivity contribution in [2.75, 3.05) is 7.11 Å². The van der Waals surface area contributed by atoms with Crippen molar-refractivity contribution in [1.82, 2.24) is 0 Å². The molecule has 1 atom stereocenters. The van der Waals surface area contributed by atoms with Crippen LogP contribution in [0.3, 0.4) is 0 Å². The minimum Gasteiger partial charge on any atom is -0.496 e. The number of hydrogen-bond acceptors (Lipinski definition) is 4. The molecule has 0 heterocycles. The second kappa shape index (κ2) is 9.75. The van der Waals surface area contributed by atoms with E-state index in [0.29, 0.717) is 12.4 Å². The molecule has 0 aliphatic rings. The zero-order chi connectivity index (χ0) is 20.6. The molecule has 0 amide bonds. The molecule has 0 aliphatic heterocycles. The monoisotopic (exact) mass is 391 g/mol. The summed E-state index contributed by atoms with van der Waals surface area (Å²) in [5, 5.41) is 9.04. The lowest BCUT2D eigenvalue weighted by Gasteiger charge is -2.15. The van der Waals surface area contributed by atoms with Gasteiger partial charge in [-0.15, -0.1) is 0 Å². The largest absolute Gasteiger partial charge is 0.496 e. The van der Waals surface area contributed by atoms with E-state index in [1.807, 2.05) is 54.6 Å². The van der Waals surface area contributed by atoms with E-state index in [4.69, 9.17) is 20.3 Å². The van der Waals surface area contributed by atoms with E-state index >= 15 is 0 Å². The summed E-state index contributed by atoms with van der Waals surface area (Å²) in [4.78, 5) is 11.0. The number of carboxylic acids is 1. The maximum absolute atomic E-state index is 11.0.